The largest absolute Gasteiger partial charge is 0.460 e. The minimum absolute atomic E-state index is 0.0135. The second-order valence-corrected chi connectivity index (χ2v) is 20.2. The summed E-state index contributed by atoms with van der Waals surface area (Å²) in [7, 11) is 4.01. The van der Waals surface area contributed by atoms with Crippen LogP contribution < -0.4 is 0 Å². The molecule has 388 valence electrons. The zero-order valence-electron chi connectivity index (χ0n) is 42.4. The highest BCUT2D eigenvalue weighted by Crippen LogP contribution is 2.38. The highest BCUT2D eigenvalue weighted by molar-refractivity contribution is 6.39. The van der Waals surface area contributed by atoms with E-state index in [0.717, 1.165) is 12.0 Å². The fourth-order valence-corrected chi connectivity index (χ4v) is 10.4. The van der Waals surface area contributed by atoms with Gasteiger partial charge in [-0.3, -0.25) is 24.4 Å². The van der Waals surface area contributed by atoms with E-state index < -0.39 is 89.9 Å². The Morgan fingerprint density at radius 1 is 0.899 bits per heavy atom. The number of aliphatic hydroxyl groups is 3. The Labute approximate surface area is 408 Å². The number of aliphatic hydroxyl groups excluding tert-OH is 2. The van der Waals surface area contributed by atoms with Crippen LogP contribution in [0.1, 0.15) is 126 Å². The molecule has 3 heterocycles. The number of ether oxygens (including phenoxy) is 5. The van der Waals surface area contributed by atoms with Crippen molar-refractivity contribution in [3.05, 3.63) is 47.6 Å². The molecule has 17 heteroatoms. The van der Waals surface area contributed by atoms with Crippen molar-refractivity contribution in [3.8, 4) is 0 Å². The summed E-state index contributed by atoms with van der Waals surface area (Å²) in [6, 6.07) is -2.26. The van der Waals surface area contributed by atoms with Crippen LogP contribution in [-0.4, -0.2) is 148 Å². The highest BCUT2D eigenvalue weighted by Gasteiger charge is 2.53. The first-order valence-corrected chi connectivity index (χ1v) is 24.8. The van der Waals surface area contributed by atoms with Gasteiger partial charge < -0.3 is 43.9 Å². The molecule has 4 N–H and O–H groups in total. The molecule has 4 aliphatic rings. The minimum atomic E-state index is -2.61. The molecule has 2 bridgehead atoms. The standard InChI is InChI=1S/C52H80N2O15/c1-30-16-12-11-13-17-31(2)40(54(64)51(62)67-10)28-38-21-19-36(7)52(63,69-38)48(59)49(60)53-23-15-14-18-39(53)50(61)68-43(33(4)26-37-20-22-41(55)44(27-37)65-8)29-42(56)32(3)25-35(6)46(58)47(66-9)45(57)34(5)24-30/h11-13,16-17,25,30,32-34,36-41,43-44,46-47,55,58,63-64H,14-15,18-24,26-29H2,1-10H3/b13-11+,16-12+,31-17+,35-25+/t30-,32-,33-,34-,36-,37+,38+,39+,40+,41-,43+,44-,46-,47+,52-/m1/s1. The van der Waals surface area contributed by atoms with Crippen molar-refractivity contribution in [2.75, 3.05) is 27.9 Å². The van der Waals surface area contributed by atoms with Gasteiger partial charge in [0.2, 0.25) is 5.79 Å². The van der Waals surface area contributed by atoms with E-state index in [1.807, 2.05) is 19.9 Å². The quantitative estimate of drug-likeness (QED) is 0.0787. The first kappa shape index (κ1) is 57.5. The number of hydrogen-bond acceptors (Lipinski definition) is 15. The Hall–Kier alpha value is -4.10. The van der Waals surface area contributed by atoms with Crippen LogP contribution in [0.5, 0.6) is 0 Å². The van der Waals surface area contributed by atoms with E-state index in [1.54, 1.807) is 72.1 Å². The molecule has 0 aromatic rings. The van der Waals surface area contributed by atoms with Gasteiger partial charge in [0.15, 0.2) is 5.78 Å². The number of allylic oxidation sites excluding steroid dienone is 6. The average Bonchev–Trinajstić information content (AvgIpc) is 3.32. The third-order valence-corrected chi connectivity index (χ3v) is 14.9. The molecule has 69 heavy (non-hydrogen) atoms. The fraction of sp³-hybridized carbons (Fsp3) is 0.731. The van der Waals surface area contributed by atoms with Gasteiger partial charge in [0.25, 0.3) is 11.7 Å². The van der Waals surface area contributed by atoms with E-state index in [2.05, 4.69) is 0 Å². The number of esters is 1. The van der Waals surface area contributed by atoms with Gasteiger partial charge in [-0.05, 0) is 107 Å². The minimum Gasteiger partial charge on any atom is -0.460 e. The molecule has 15 atom stereocenters. The monoisotopic (exact) mass is 973 g/mol. The van der Waals surface area contributed by atoms with Gasteiger partial charge >= 0.3 is 12.1 Å². The van der Waals surface area contributed by atoms with E-state index in [1.165, 1.54) is 7.11 Å². The third kappa shape index (κ3) is 15.0. The van der Waals surface area contributed by atoms with Crippen LogP contribution in [0.3, 0.4) is 0 Å². The number of amides is 2. The molecule has 0 unspecified atom stereocenters. The van der Waals surface area contributed by atoms with Gasteiger partial charge in [-0.1, -0.05) is 71.1 Å². The number of ketones is 3. The highest BCUT2D eigenvalue weighted by atomic mass is 16.6. The lowest BCUT2D eigenvalue weighted by molar-refractivity contribution is -0.266. The van der Waals surface area contributed by atoms with Crippen molar-refractivity contribution < 1.29 is 73.0 Å². The van der Waals surface area contributed by atoms with Crippen molar-refractivity contribution in [1.29, 1.82) is 0 Å². The number of carbonyl (C=O) groups is 6. The first-order chi connectivity index (χ1) is 32.6. The Morgan fingerprint density at radius 3 is 2.28 bits per heavy atom. The molecular formula is C52H80N2O15. The molecule has 1 aliphatic carbocycles. The number of rotatable bonds is 6. The zero-order valence-corrected chi connectivity index (χ0v) is 42.4. The Morgan fingerprint density at radius 2 is 1.61 bits per heavy atom. The molecular weight excluding hydrogens is 893 g/mol. The summed E-state index contributed by atoms with van der Waals surface area (Å²) in [5, 5.41) is 45.4. The van der Waals surface area contributed by atoms with Gasteiger partial charge in [0, 0.05) is 51.4 Å². The molecule has 0 aromatic heterocycles. The number of fused-ring (bicyclic) bond motifs is 3. The van der Waals surface area contributed by atoms with E-state index in [9.17, 15) is 49.3 Å². The van der Waals surface area contributed by atoms with E-state index in [0.29, 0.717) is 67.6 Å². The molecule has 3 fully saturated rings. The second-order valence-electron chi connectivity index (χ2n) is 20.2. The maximum atomic E-state index is 14.4. The van der Waals surface area contributed by atoms with Crippen molar-refractivity contribution in [2.45, 2.75) is 180 Å². The van der Waals surface area contributed by atoms with Gasteiger partial charge in [0.05, 0.1) is 31.5 Å². The molecule has 1 saturated carbocycles. The summed E-state index contributed by atoms with van der Waals surface area (Å²) >= 11 is 0. The Bertz CT molecular complexity index is 1910. The Balaban J connectivity index is 1.75. The summed E-state index contributed by atoms with van der Waals surface area (Å²) in [5.41, 5.74) is 0.852. The van der Waals surface area contributed by atoms with Crippen LogP contribution in [0.15, 0.2) is 47.6 Å². The molecule has 0 aromatic carbocycles. The van der Waals surface area contributed by atoms with Crippen molar-refractivity contribution in [2.24, 2.45) is 35.5 Å². The van der Waals surface area contributed by atoms with E-state index in [4.69, 9.17) is 23.7 Å². The predicted octanol–water partition coefficient (Wildman–Crippen LogP) is 5.99. The van der Waals surface area contributed by atoms with Crippen LogP contribution in [0, 0.1) is 35.5 Å². The van der Waals surface area contributed by atoms with Gasteiger partial charge in [-0.2, -0.15) is 5.06 Å². The van der Waals surface area contributed by atoms with Crippen LogP contribution in [0.4, 0.5) is 4.79 Å². The summed E-state index contributed by atoms with van der Waals surface area (Å²) in [4.78, 5) is 84.7. The van der Waals surface area contributed by atoms with E-state index >= 15 is 0 Å². The zero-order chi connectivity index (χ0) is 51.3. The third-order valence-electron chi connectivity index (χ3n) is 14.9. The predicted molar refractivity (Wildman–Crippen MR) is 254 cm³/mol. The maximum Gasteiger partial charge on any atom is 0.434 e. The lowest BCUT2D eigenvalue weighted by Crippen LogP contribution is -2.61. The van der Waals surface area contributed by atoms with Crippen molar-refractivity contribution in [1.82, 2.24) is 9.96 Å². The van der Waals surface area contributed by atoms with Gasteiger partial charge in [0.1, 0.15) is 30.1 Å². The van der Waals surface area contributed by atoms with E-state index in [-0.39, 0.29) is 67.7 Å². The number of cyclic esters (lactones) is 1. The number of Topliss-reactive ketones (excluding diaryl/α,β-unsaturated/α-hetero) is 3. The van der Waals surface area contributed by atoms with Crippen LogP contribution in [-0.2, 0) is 47.7 Å². The number of methoxy groups -OCH3 is 3. The lowest BCUT2D eigenvalue weighted by atomic mass is 9.78. The van der Waals surface area contributed by atoms with Crippen LogP contribution in [0.25, 0.3) is 0 Å². The molecule has 2 amide bonds. The molecule has 3 aliphatic heterocycles. The number of nitrogens with zero attached hydrogens (tertiary/aromatic N) is 2. The van der Waals surface area contributed by atoms with Gasteiger partial charge in [-0.25, -0.2) is 9.59 Å². The topological polar surface area (TPSA) is 236 Å². The van der Waals surface area contributed by atoms with Crippen molar-refractivity contribution in [3.63, 3.8) is 0 Å². The van der Waals surface area contributed by atoms with Crippen LogP contribution in [0.2, 0.25) is 0 Å². The summed E-state index contributed by atoms with van der Waals surface area (Å²) in [6.07, 6.45) is 8.06. The first-order valence-electron chi connectivity index (χ1n) is 24.8. The number of hydrogen-bond donors (Lipinski definition) is 4. The summed E-state index contributed by atoms with van der Waals surface area (Å²) in [6.45, 7) is 12.2. The summed E-state index contributed by atoms with van der Waals surface area (Å²) < 4.78 is 28.3. The summed E-state index contributed by atoms with van der Waals surface area (Å²) in [5.74, 6) is -8.93. The molecule has 4 rings (SSSR count). The number of carbonyl (C=O) groups excluding carboxylic acids is 6. The van der Waals surface area contributed by atoms with Crippen LogP contribution >= 0.6 is 0 Å². The lowest BCUT2D eigenvalue weighted by Gasteiger charge is -2.43. The smallest absolute Gasteiger partial charge is 0.434 e. The average molecular weight is 973 g/mol. The van der Waals surface area contributed by atoms with Gasteiger partial charge in [-0.15, -0.1) is 0 Å². The molecule has 2 saturated heterocycles. The normalized spacial score (nSPS) is 38.6. The van der Waals surface area contributed by atoms with Crippen molar-refractivity contribution >= 4 is 35.3 Å². The number of hydroxylamine groups is 2. The Kier molecular flexibility index (Phi) is 22.0. The molecule has 0 spiro atoms. The maximum absolute atomic E-state index is 14.4. The second kappa shape index (κ2) is 26.4. The SMILES string of the molecule is COC(=O)N(O)[C@H]1C[C@@H]2CC[C@@H](C)[C@@](O)(O2)C(=O)C(=O)N2CCCC[C@H]2C(=O)O[C@H]([C@H](C)C[C@@H]2CC[C@@H](O)[C@H](OC)C2)CC(=O)[C@H](C)/C=C(\C)[C@@H](O)[C@@H](OC)C(=O)[C@H](C)C[C@H](C)/C=C/C=C/C=C/1C. The number of piperidine rings is 1. The fourth-order valence-electron chi connectivity index (χ4n) is 10.4. The molecule has 0 radical (unpaired) electrons. The molecule has 17 nitrogen and oxygen atoms in total.